The Kier molecular flexibility index (Phi) is 3.24. The molecule has 14 heavy (non-hydrogen) atoms. The number of aryl methyl sites for hydroxylation is 2. The van der Waals surface area contributed by atoms with Crippen LogP contribution in [-0.4, -0.2) is 11.1 Å². The van der Waals surface area contributed by atoms with Gasteiger partial charge in [-0.1, -0.05) is 12.1 Å². The monoisotopic (exact) mass is 189 g/mol. The maximum Gasteiger partial charge on any atom is 0.303 e. The zero-order valence-corrected chi connectivity index (χ0v) is 7.95. The van der Waals surface area contributed by atoms with E-state index in [0.717, 1.165) is 11.1 Å². The van der Waals surface area contributed by atoms with Crippen LogP contribution in [0.1, 0.15) is 23.1 Å². The lowest BCUT2D eigenvalue weighted by atomic mass is 10.0. The number of aliphatic carboxylic acids is 1. The van der Waals surface area contributed by atoms with Crippen LogP contribution in [0.5, 0.6) is 0 Å². The third kappa shape index (κ3) is 2.60. The van der Waals surface area contributed by atoms with Crippen LogP contribution in [0.4, 0.5) is 0 Å². The first kappa shape index (κ1) is 10.3. The Hall–Kier alpha value is -1.82. The average Bonchev–Trinajstić information content (AvgIpc) is 2.15. The van der Waals surface area contributed by atoms with Gasteiger partial charge in [0.15, 0.2) is 0 Å². The number of carboxylic acids is 1. The molecule has 0 saturated carbocycles. The fourth-order valence-electron chi connectivity index (χ4n) is 1.26. The molecule has 0 amide bonds. The lowest BCUT2D eigenvalue weighted by molar-refractivity contribution is -0.136. The molecule has 0 fully saturated rings. The van der Waals surface area contributed by atoms with Crippen LogP contribution >= 0.6 is 0 Å². The first-order valence-electron chi connectivity index (χ1n) is 4.35. The smallest absolute Gasteiger partial charge is 0.303 e. The van der Waals surface area contributed by atoms with Gasteiger partial charge in [0.25, 0.3) is 0 Å². The van der Waals surface area contributed by atoms with Crippen LogP contribution in [0, 0.1) is 18.3 Å². The molecule has 1 aromatic carbocycles. The molecule has 1 rings (SSSR count). The molecule has 1 N–H and O–H groups in total. The van der Waals surface area contributed by atoms with E-state index in [9.17, 15) is 4.79 Å². The number of carboxylic acid groups (broad SMARTS) is 1. The van der Waals surface area contributed by atoms with E-state index in [2.05, 4.69) is 6.07 Å². The van der Waals surface area contributed by atoms with Gasteiger partial charge < -0.3 is 5.11 Å². The minimum absolute atomic E-state index is 0.130. The molecular weight excluding hydrogens is 178 g/mol. The summed E-state index contributed by atoms with van der Waals surface area (Å²) >= 11 is 0. The van der Waals surface area contributed by atoms with Crippen molar-refractivity contribution in [1.82, 2.24) is 0 Å². The van der Waals surface area contributed by atoms with E-state index in [0.29, 0.717) is 12.0 Å². The molecule has 0 unspecified atom stereocenters. The second-order valence-corrected chi connectivity index (χ2v) is 3.15. The third-order valence-corrected chi connectivity index (χ3v) is 2.04. The highest BCUT2D eigenvalue weighted by molar-refractivity contribution is 5.67. The van der Waals surface area contributed by atoms with E-state index in [1.54, 1.807) is 12.1 Å². The van der Waals surface area contributed by atoms with Crippen molar-refractivity contribution in [3.63, 3.8) is 0 Å². The van der Waals surface area contributed by atoms with Gasteiger partial charge in [0.05, 0.1) is 11.6 Å². The maximum absolute atomic E-state index is 10.3. The predicted molar refractivity (Wildman–Crippen MR) is 51.9 cm³/mol. The maximum atomic E-state index is 10.3. The third-order valence-electron chi connectivity index (χ3n) is 2.04. The van der Waals surface area contributed by atoms with Gasteiger partial charge in [-0.2, -0.15) is 5.26 Å². The van der Waals surface area contributed by atoms with Crippen molar-refractivity contribution >= 4 is 5.97 Å². The summed E-state index contributed by atoms with van der Waals surface area (Å²) in [6.07, 6.45) is 0.646. The highest BCUT2D eigenvalue weighted by Crippen LogP contribution is 2.11. The highest BCUT2D eigenvalue weighted by Gasteiger charge is 2.01. The summed E-state index contributed by atoms with van der Waals surface area (Å²) in [5.74, 6) is -0.799. The van der Waals surface area contributed by atoms with E-state index in [1.165, 1.54) is 0 Å². The van der Waals surface area contributed by atoms with Crippen molar-refractivity contribution in [2.24, 2.45) is 0 Å². The predicted octanol–water partition coefficient (Wildman–Crippen LogP) is 1.88. The number of carbonyl (C=O) groups is 1. The van der Waals surface area contributed by atoms with Crippen molar-refractivity contribution in [2.75, 3.05) is 0 Å². The molecule has 72 valence electrons. The van der Waals surface area contributed by atoms with Gasteiger partial charge in [-0.05, 0) is 30.5 Å². The quantitative estimate of drug-likeness (QED) is 0.789. The molecule has 0 atom stereocenters. The van der Waals surface area contributed by atoms with Crippen LogP contribution in [0.3, 0.4) is 0 Å². The molecule has 1 aromatic rings. The minimum Gasteiger partial charge on any atom is -0.481 e. The Labute approximate surface area is 82.6 Å². The normalized spacial score (nSPS) is 9.43. The van der Waals surface area contributed by atoms with Crippen molar-refractivity contribution < 1.29 is 9.90 Å². The molecule has 3 nitrogen and oxygen atoms in total. The van der Waals surface area contributed by atoms with Gasteiger partial charge in [-0.15, -0.1) is 0 Å². The fourth-order valence-corrected chi connectivity index (χ4v) is 1.26. The van der Waals surface area contributed by atoms with Gasteiger partial charge in [0.1, 0.15) is 0 Å². The first-order chi connectivity index (χ1) is 6.63. The molecule has 0 aliphatic carbocycles. The molecule has 0 aliphatic rings. The highest BCUT2D eigenvalue weighted by atomic mass is 16.4. The zero-order chi connectivity index (χ0) is 10.6. The molecule has 0 aromatic heterocycles. The van der Waals surface area contributed by atoms with Gasteiger partial charge in [-0.3, -0.25) is 4.79 Å². The van der Waals surface area contributed by atoms with Gasteiger partial charge in [0.2, 0.25) is 0 Å². The fraction of sp³-hybridized carbons (Fsp3) is 0.273. The molecule has 0 saturated heterocycles. The molecule has 0 bridgehead atoms. The first-order valence-corrected chi connectivity index (χ1v) is 4.35. The van der Waals surface area contributed by atoms with Crippen molar-refractivity contribution in [2.45, 2.75) is 19.8 Å². The summed E-state index contributed by atoms with van der Waals surface area (Å²) < 4.78 is 0. The second-order valence-electron chi connectivity index (χ2n) is 3.15. The topological polar surface area (TPSA) is 61.1 Å². The van der Waals surface area contributed by atoms with Crippen LogP contribution in [0.25, 0.3) is 0 Å². The zero-order valence-electron chi connectivity index (χ0n) is 7.95. The number of rotatable bonds is 3. The van der Waals surface area contributed by atoms with E-state index >= 15 is 0 Å². The molecule has 3 heteroatoms. The van der Waals surface area contributed by atoms with Crippen LogP contribution in [-0.2, 0) is 11.2 Å². The molecule has 0 radical (unpaired) electrons. The Balaban J connectivity index is 2.77. The van der Waals surface area contributed by atoms with Crippen molar-refractivity contribution in [1.29, 1.82) is 5.26 Å². The summed E-state index contributed by atoms with van der Waals surface area (Å²) in [4.78, 5) is 10.3. The minimum atomic E-state index is -0.799. The van der Waals surface area contributed by atoms with Crippen molar-refractivity contribution in [3.05, 3.63) is 34.9 Å². The van der Waals surface area contributed by atoms with Gasteiger partial charge in [-0.25, -0.2) is 0 Å². The standard InChI is InChI=1S/C11H11NO2/c1-8-6-9(3-5-11(13)14)2-4-10(8)7-12/h2,4,6H,3,5H2,1H3,(H,13,14). The summed E-state index contributed by atoms with van der Waals surface area (Å²) in [5, 5.41) is 17.2. The van der Waals surface area contributed by atoms with Crippen molar-refractivity contribution in [3.8, 4) is 6.07 Å². The van der Waals surface area contributed by atoms with E-state index in [4.69, 9.17) is 10.4 Å². The lowest BCUT2D eigenvalue weighted by Gasteiger charge is -2.01. The molecular formula is C11H11NO2. The van der Waals surface area contributed by atoms with E-state index in [1.807, 2.05) is 13.0 Å². The van der Waals surface area contributed by atoms with E-state index in [-0.39, 0.29) is 6.42 Å². The molecule has 0 heterocycles. The van der Waals surface area contributed by atoms with Crippen LogP contribution < -0.4 is 0 Å². The van der Waals surface area contributed by atoms with Crippen LogP contribution in [0.2, 0.25) is 0 Å². The largest absolute Gasteiger partial charge is 0.481 e. The van der Waals surface area contributed by atoms with Crippen LogP contribution in [0.15, 0.2) is 18.2 Å². The number of hydrogen-bond donors (Lipinski definition) is 1. The average molecular weight is 189 g/mol. The summed E-state index contributed by atoms with van der Waals surface area (Å²) in [6.45, 7) is 1.85. The molecule has 0 aliphatic heterocycles. The Bertz CT molecular complexity index is 391. The second kappa shape index (κ2) is 4.43. The summed E-state index contributed by atoms with van der Waals surface area (Å²) in [6, 6.07) is 7.46. The summed E-state index contributed by atoms with van der Waals surface area (Å²) in [7, 11) is 0. The Morgan fingerprint density at radius 3 is 2.79 bits per heavy atom. The molecule has 0 spiro atoms. The Morgan fingerprint density at radius 1 is 1.57 bits per heavy atom. The summed E-state index contributed by atoms with van der Waals surface area (Å²) in [5.41, 5.74) is 2.50. The SMILES string of the molecule is Cc1cc(CCC(=O)O)ccc1C#N. The van der Waals surface area contributed by atoms with Gasteiger partial charge in [0, 0.05) is 6.42 Å². The Morgan fingerprint density at radius 2 is 2.29 bits per heavy atom. The number of nitrogens with zero attached hydrogens (tertiary/aromatic N) is 1. The van der Waals surface area contributed by atoms with E-state index < -0.39 is 5.97 Å². The number of benzene rings is 1. The lowest BCUT2D eigenvalue weighted by Crippen LogP contribution is -1.98. The number of nitriles is 1. The number of hydrogen-bond acceptors (Lipinski definition) is 2. The van der Waals surface area contributed by atoms with Gasteiger partial charge >= 0.3 is 5.97 Å².